The Morgan fingerprint density at radius 2 is 1.75 bits per heavy atom. The molecule has 0 spiro atoms. The third-order valence-electron chi connectivity index (χ3n) is 4.61. The van der Waals surface area contributed by atoms with Gasteiger partial charge in [-0.15, -0.1) is 0 Å². The van der Waals surface area contributed by atoms with Gasteiger partial charge in [0.15, 0.2) is 0 Å². The number of sulfonamides is 1. The number of ether oxygens (including phenoxy) is 1. The van der Waals surface area contributed by atoms with Crippen LogP contribution in [0.1, 0.15) is 25.1 Å². The van der Waals surface area contributed by atoms with Crippen molar-refractivity contribution in [1.29, 1.82) is 0 Å². The van der Waals surface area contributed by atoms with Crippen LogP contribution in [0.3, 0.4) is 0 Å². The molecule has 10 heteroatoms. The number of hydrogen-bond donors (Lipinski definition) is 1. The molecule has 1 aromatic heterocycles. The molecule has 0 bridgehead atoms. The molecular weight excluding hydrogens is 440 g/mol. The van der Waals surface area contributed by atoms with Crippen LogP contribution < -0.4 is 4.72 Å². The predicted molar refractivity (Wildman–Crippen MR) is 115 cm³/mol. The number of esters is 1. The van der Waals surface area contributed by atoms with Gasteiger partial charge in [0.1, 0.15) is 12.2 Å². The van der Waals surface area contributed by atoms with Crippen LogP contribution in [0.15, 0.2) is 59.5 Å². The Morgan fingerprint density at radius 3 is 2.31 bits per heavy atom. The molecular formula is C22H23F2N3O4S. The lowest BCUT2D eigenvalue weighted by atomic mass is 10.1. The summed E-state index contributed by atoms with van der Waals surface area (Å²) in [7, 11) is -3.96. The second-order valence-corrected chi connectivity index (χ2v) is 8.97. The lowest BCUT2D eigenvalue weighted by Gasteiger charge is -2.10. The van der Waals surface area contributed by atoms with Gasteiger partial charge in [0.2, 0.25) is 10.0 Å². The van der Waals surface area contributed by atoms with Crippen LogP contribution in [0, 0.1) is 6.92 Å². The summed E-state index contributed by atoms with van der Waals surface area (Å²) in [5.74, 6) is -3.84. The van der Waals surface area contributed by atoms with Crippen LogP contribution in [0.4, 0.5) is 8.78 Å². The van der Waals surface area contributed by atoms with Gasteiger partial charge in [0.05, 0.1) is 22.9 Å². The Kier molecular flexibility index (Phi) is 6.75. The first-order valence-corrected chi connectivity index (χ1v) is 11.3. The van der Waals surface area contributed by atoms with Crippen LogP contribution in [0.5, 0.6) is 0 Å². The van der Waals surface area contributed by atoms with Crippen molar-refractivity contribution in [2.45, 2.75) is 31.6 Å². The minimum absolute atomic E-state index is 0.0874. The number of alkyl halides is 2. The summed E-state index contributed by atoms with van der Waals surface area (Å²) >= 11 is 0. The molecule has 7 nitrogen and oxygen atoms in total. The number of carbonyl (C=O) groups excluding carboxylic acids is 1. The lowest BCUT2D eigenvalue weighted by molar-refractivity contribution is -0.141. The molecule has 0 radical (unpaired) electrons. The summed E-state index contributed by atoms with van der Waals surface area (Å²) in [5, 5.41) is 4.06. The number of rotatable bonds is 8. The van der Waals surface area contributed by atoms with Gasteiger partial charge >= 0.3 is 5.97 Å². The van der Waals surface area contributed by atoms with E-state index in [1.165, 1.54) is 35.0 Å². The molecule has 0 atom stereocenters. The molecule has 0 aliphatic rings. The van der Waals surface area contributed by atoms with Gasteiger partial charge in [-0.1, -0.05) is 29.8 Å². The molecule has 2 aromatic carbocycles. The zero-order valence-electron chi connectivity index (χ0n) is 17.8. The lowest BCUT2D eigenvalue weighted by Crippen LogP contribution is -2.30. The van der Waals surface area contributed by atoms with E-state index in [0.29, 0.717) is 16.9 Å². The second-order valence-electron chi connectivity index (χ2n) is 7.20. The first-order valence-electron chi connectivity index (χ1n) is 9.82. The minimum atomic E-state index is -3.96. The fourth-order valence-corrected chi connectivity index (χ4v) is 3.91. The number of hydrogen-bond acceptors (Lipinski definition) is 5. The normalized spacial score (nSPS) is 12.0. The molecule has 0 saturated heterocycles. The molecule has 170 valence electrons. The number of halogens is 2. The molecule has 0 saturated carbocycles. The fraction of sp³-hybridized carbons (Fsp3) is 0.273. The highest BCUT2D eigenvalue weighted by molar-refractivity contribution is 7.89. The first kappa shape index (κ1) is 23.6. The maximum Gasteiger partial charge on any atom is 0.321 e. The van der Waals surface area contributed by atoms with Crippen LogP contribution >= 0.6 is 0 Å². The Hall–Kier alpha value is -3.11. The number of aryl methyl sites for hydroxylation is 1. The molecule has 0 aliphatic carbocycles. The van der Waals surface area contributed by atoms with Crippen LogP contribution in [-0.4, -0.2) is 37.3 Å². The first-order chi connectivity index (χ1) is 15.0. The maximum atomic E-state index is 14.0. The standard InChI is InChI=1S/C22H23F2N3O4S/c1-4-31-21(28)14-25-32(29,30)18-11-9-17(10-12-18)27-19(13-20(26-27)22(3,23)24)16-7-5-15(2)6-8-16/h5-13,25H,4,14H2,1-3H3. The van der Waals surface area contributed by atoms with E-state index in [-0.39, 0.29) is 11.5 Å². The van der Waals surface area contributed by atoms with Gasteiger partial charge in [-0.05, 0) is 44.2 Å². The minimum Gasteiger partial charge on any atom is -0.465 e. The summed E-state index contributed by atoms with van der Waals surface area (Å²) in [4.78, 5) is 11.3. The van der Waals surface area contributed by atoms with Crippen molar-refractivity contribution in [3.05, 3.63) is 65.9 Å². The number of aromatic nitrogens is 2. The van der Waals surface area contributed by atoms with Crippen molar-refractivity contribution in [3.63, 3.8) is 0 Å². The van der Waals surface area contributed by atoms with Gasteiger partial charge in [0.25, 0.3) is 5.92 Å². The average Bonchev–Trinajstić information content (AvgIpc) is 3.19. The van der Waals surface area contributed by atoms with Crippen molar-refractivity contribution in [2.75, 3.05) is 13.2 Å². The van der Waals surface area contributed by atoms with Crippen molar-refractivity contribution < 1.29 is 26.7 Å². The number of nitrogens with one attached hydrogen (secondary N) is 1. The van der Waals surface area contributed by atoms with Gasteiger partial charge in [-0.2, -0.15) is 18.6 Å². The number of nitrogens with zero attached hydrogens (tertiary/aromatic N) is 2. The maximum absolute atomic E-state index is 14.0. The molecule has 0 amide bonds. The van der Waals surface area contributed by atoms with Crippen molar-refractivity contribution >= 4 is 16.0 Å². The topological polar surface area (TPSA) is 90.3 Å². The summed E-state index contributed by atoms with van der Waals surface area (Å²) < 4.78 is 61.0. The number of benzene rings is 2. The Labute approximate surface area is 185 Å². The summed E-state index contributed by atoms with van der Waals surface area (Å²) in [5.41, 5.74) is 2.15. The fourth-order valence-electron chi connectivity index (χ4n) is 2.94. The monoisotopic (exact) mass is 463 g/mol. The van der Waals surface area contributed by atoms with E-state index in [9.17, 15) is 22.0 Å². The molecule has 0 fully saturated rings. The van der Waals surface area contributed by atoms with E-state index in [2.05, 4.69) is 9.82 Å². The van der Waals surface area contributed by atoms with Gasteiger partial charge < -0.3 is 4.74 Å². The summed E-state index contributed by atoms with van der Waals surface area (Å²) in [6.07, 6.45) is 0. The van der Waals surface area contributed by atoms with Gasteiger partial charge in [-0.3, -0.25) is 4.79 Å². The zero-order chi connectivity index (χ0) is 23.5. The molecule has 32 heavy (non-hydrogen) atoms. The molecule has 1 N–H and O–H groups in total. The van der Waals surface area contributed by atoms with E-state index in [4.69, 9.17) is 4.74 Å². The van der Waals surface area contributed by atoms with Crippen LogP contribution in [0.2, 0.25) is 0 Å². The SMILES string of the molecule is CCOC(=O)CNS(=O)(=O)c1ccc(-n2nc(C(C)(F)F)cc2-c2ccc(C)cc2)cc1. The second kappa shape index (κ2) is 9.17. The molecule has 0 aliphatic heterocycles. The molecule has 3 rings (SSSR count). The third-order valence-corrected chi connectivity index (χ3v) is 6.03. The number of carbonyl (C=O) groups is 1. The molecule has 0 unspecified atom stereocenters. The van der Waals surface area contributed by atoms with Crippen molar-refractivity contribution in [1.82, 2.24) is 14.5 Å². The summed E-state index contributed by atoms with van der Waals surface area (Å²) in [6, 6.07) is 14.2. The highest BCUT2D eigenvalue weighted by Gasteiger charge is 2.30. The molecule has 1 heterocycles. The van der Waals surface area contributed by atoms with E-state index in [1.54, 1.807) is 19.1 Å². The average molecular weight is 464 g/mol. The van der Waals surface area contributed by atoms with Crippen LogP contribution in [0.25, 0.3) is 16.9 Å². The van der Waals surface area contributed by atoms with E-state index >= 15 is 0 Å². The summed E-state index contributed by atoms with van der Waals surface area (Å²) in [6.45, 7) is 3.95. The highest BCUT2D eigenvalue weighted by atomic mass is 32.2. The van der Waals surface area contributed by atoms with Crippen LogP contribution in [-0.2, 0) is 25.5 Å². The predicted octanol–water partition coefficient (Wildman–Crippen LogP) is 3.80. The Bertz CT molecular complexity index is 1200. The van der Waals surface area contributed by atoms with Gasteiger partial charge in [0, 0.05) is 12.5 Å². The van der Waals surface area contributed by atoms with Crippen molar-refractivity contribution in [3.8, 4) is 16.9 Å². The third kappa shape index (κ3) is 5.38. The zero-order valence-corrected chi connectivity index (χ0v) is 18.6. The smallest absolute Gasteiger partial charge is 0.321 e. The largest absolute Gasteiger partial charge is 0.465 e. The van der Waals surface area contributed by atoms with E-state index in [1.807, 2.05) is 19.1 Å². The highest BCUT2D eigenvalue weighted by Crippen LogP contribution is 2.32. The van der Waals surface area contributed by atoms with E-state index < -0.39 is 34.2 Å². The van der Waals surface area contributed by atoms with Gasteiger partial charge in [-0.25, -0.2) is 13.1 Å². The van der Waals surface area contributed by atoms with E-state index in [0.717, 1.165) is 12.5 Å². The Morgan fingerprint density at radius 1 is 1.12 bits per heavy atom. The Balaban J connectivity index is 1.95. The van der Waals surface area contributed by atoms with Crippen molar-refractivity contribution in [2.24, 2.45) is 0 Å². The quantitative estimate of drug-likeness (QED) is 0.513. The molecule has 3 aromatic rings.